The average Bonchev–Trinajstić information content (AvgIpc) is 2.90. The second-order valence-corrected chi connectivity index (χ2v) is 4.39. The van der Waals surface area contributed by atoms with Crippen LogP contribution in [-0.4, -0.2) is 13.2 Å². The zero-order valence-electron chi connectivity index (χ0n) is 10.6. The molecule has 2 N–H and O–H groups in total. The van der Waals surface area contributed by atoms with Gasteiger partial charge in [-0.15, -0.1) is 0 Å². The summed E-state index contributed by atoms with van der Waals surface area (Å²) in [5.41, 5.74) is 7.31. The smallest absolute Gasteiger partial charge is 0.122 e. The Morgan fingerprint density at radius 2 is 2.06 bits per heavy atom. The van der Waals surface area contributed by atoms with Gasteiger partial charge in [0.25, 0.3) is 0 Å². The third kappa shape index (κ3) is 3.37. The van der Waals surface area contributed by atoms with Crippen LogP contribution in [0.15, 0.2) is 47.1 Å². The highest BCUT2D eigenvalue weighted by Crippen LogP contribution is 2.19. The van der Waals surface area contributed by atoms with Crippen molar-refractivity contribution in [2.45, 2.75) is 25.3 Å². The molecule has 3 nitrogen and oxygen atoms in total. The van der Waals surface area contributed by atoms with Crippen LogP contribution in [0, 0.1) is 0 Å². The maximum atomic E-state index is 6.15. The first-order chi connectivity index (χ1) is 8.79. The van der Waals surface area contributed by atoms with E-state index in [4.69, 9.17) is 14.9 Å². The molecule has 96 valence electrons. The topological polar surface area (TPSA) is 48.4 Å². The van der Waals surface area contributed by atoms with Crippen molar-refractivity contribution in [2.75, 3.05) is 7.11 Å². The molecule has 0 fully saturated rings. The molecule has 1 unspecified atom stereocenters. The molecule has 1 aromatic carbocycles. The summed E-state index contributed by atoms with van der Waals surface area (Å²) in [6, 6.07) is 12.0. The Bertz CT molecular complexity index is 465. The van der Waals surface area contributed by atoms with Gasteiger partial charge in [0.15, 0.2) is 0 Å². The lowest BCUT2D eigenvalue weighted by molar-refractivity contribution is 0.406. The number of furan rings is 1. The summed E-state index contributed by atoms with van der Waals surface area (Å²) in [5, 5.41) is 0. The van der Waals surface area contributed by atoms with Crippen LogP contribution in [-0.2, 0) is 12.8 Å². The normalized spacial score (nSPS) is 12.3. The molecule has 0 bridgehead atoms. The lowest BCUT2D eigenvalue weighted by Crippen LogP contribution is -2.23. The minimum Gasteiger partial charge on any atom is -0.496 e. The van der Waals surface area contributed by atoms with Crippen molar-refractivity contribution in [3.8, 4) is 5.75 Å². The molecule has 0 saturated heterocycles. The van der Waals surface area contributed by atoms with Crippen LogP contribution in [0.25, 0.3) is 0 Å². The summed E-state index contributed by atoms with van der Waals surface area (Å²) in [4.78, 5) is 0. The fraction of sp³-hybridized carbons (Fsp3) is 0.333. The second kappa shape index (κ2) is 6.26. The molecule has 0 aliphatic carbocycles. The summed E-state index contributed by atoms with van der Waals surface area (Å²) in [6.45, 7) is 0. The molecule has 18 heavy (non-hydrogen) atoms. The van der Waals surface area contributed by atoms with E-state index in [9.17, 15) is 0 Å². The maximum Gasteiger partial charge on any atom is 0.122 e. The van der Waals surface area contributed by atoms with Gasteiger partial charge < -0.3 is 14.9 Å². The largest absolute Gasteiger partial charge is 0.496 e. The van der Waals surface area contributed by atoms with E-state index in [0.29, 0.717) is 0 Å². The lowest BCUT2D eigenvalue weighted by Gasteiger charge is -2.13. The van der Waals surface area contributed by atoms with Crippen LogP contribution in [0.1, 0.15) is 17.7 Å². The molecule has 0 aliphatic heterocycles. The average molecular weight is 245 g/mol. The molecule has 2 rings (SSSR count). The summed E-state index contributed by atoms with van der Waals surface area (Å²) in [6.07, 6.45) is 4.31. The van der Waals surface area contributed by atoms with Crippen LogP contribution in [0.4, 0.5) is 0 Å². The van der Waals surface area contributed by atoms with Crippen molar-refractivity contribution in [3.63, 3.8) is 0 Å². The summed E-state index contributed by atoms with van der Waals surface area (Å²) in [5.74, 6) is 1.90. The number of methoxy groups -OCH3 is 1. The number of hydrogen-bond acceptors (Lipinski definition) is 3. The molecular weight excluding hydrogens is 226 g/mol. The number of hydrogen-bond donors (Lipinski definition) is 1. The predicted octanol–water partition coefficient (Wildman–Crippen LogP) is 2.79. The fourth-order valence-electron chi connectivity index (χ4n) is 2.04. The van der Waals surface area contributed by atoms with Gasteiger partial charge in [-0.1, -0.05) is 18.2 Å². The van der Waals surface area contributed by atoms with Crippen molar-refractivity contribution in [1.82, 2.24) is 0 Å². The van der Waals surface area contributed by atoms with Gasteiger partial charge in [0, 0.05) is 12.5 Å². The molecule has 1 aromatic heterocycles. The van der Waals surface area contributed by atoms with Gasteiger partial charge in [0.05, 0.1) is 13.4 Å². The number of para-hydroxylation sites is 1. The van der Waals surface area contributed by atoms with E-state index in [0.717, 1.165) is 36.3 Å². The van der Waals surface area contributed by atoms with E-state index in [1.807, 2.05) is 30.3 Å². The van der Waals surface area contributed by atoms with Crippen molar-refractivity contribution < 1.29 is 9.15 Å². The zero-order valence-corrected chi connectivity index (χ0v) is 10.6. The van der Waals surface area contributed by atoms with E-state index in [2.05, 4.69) is 6.07 Å². The van der Waals surface area contributed by atoms with E-state index in [-0.39, 0.29) is 6.04 Å². The highest BCUT2D eigenvalue weighted by atomic mass is 16.5. The molecule has 2 aromatic rings. The Morgan fingerprint density at radius 1 is 1.22 bits per heavy atom. The van der Waals surface area contributed by atoms with Crippen LogP contribution >= 0.6 is 0 Å². The molecule has 0 amide bonds. The van der Waals surface area contributed by atoms with E-state index >= 15 is 0 Å². The van der Waals surface area contributed by atoms with Crippen molar-refractivity contribution >= 4 is 0 Å². The van der Waals surface area contributed by atoms with Crippen LogP contribution in [0.5, 0.6) is 5.75 Å². The van der Waals surface area contributed by atoms with Crippen LogP contribution in [0.3, 0.4) is 0 Å². The van der Waals surface area contributed by atoms with Gasteiger partial charge in [-0.05, 0) is 36.6 Å². The zero-order chi connectivity index (χ0) is 12.8. The maximum absolute atomic E-state index is 6.15. The molecule has 0 radical (unpaired) electrons. The van der Waals surface area contributed by atoms with E-state index < -0.39 is 0 Å². The van der Waals surface area contributed by atoms with Crippen molar-refractivity contribution in [1.29, 1.82) is 0 Å². The third-order valence-electron chi connectivity index (χ3n) is 3.02. The monoisotopic (exact) mass is 245 g/mol. The Balaban J connectivity index is 1.88. The fourth-order valence-corrected chi connectivity index (χ4v) is 2.04. The number of benzene rings is 1. The lowest BCUT2D eigenvalue weighted by atomic mass is 10.0. The first-order valence-electron chi connectivity index (χ1n) is 6.19. The molecule has 0 aliphatic rings. The SMILES string of the molecule is COc1ccccc1CC(N)CCc1ccco1. The molecule has 0 spiro atoms. The molecule has 1 atom stereocenters. The quantitative estimate of drug-likeness (QED) is 0.851. The molecular formula is C15H19NO2. The Hall–Kier alpha value is -1.74. The number of rotatable bonds is 6. The summed E-state index contributed by atoms with van der Waals surface area (Å²) in [7, 11) is 1.69. The van der Waals surface area contributed by atoms with Gasteiger partial charge in [0.1, 0.15) is 11.5 Å². The van der Waals surface area contributed by atoms with Crippen molar-refractivity contribution in [3.05, 3.63) is 54.0 Å². The number of nitrogens with two attached hydrogens (primary N) is 1. The number of aryl methyl sites for hydroxylation is 1. The Labute approximate surface area is 108 Å². The summed E-state index contributed by atoms with van der Waals surface area (Å²) < 4.78 is 10.6. The predicted molar refractivity (Wildman–Crippen MR) is 71.7 cm³/mol. The number of ether oxygens (including phenoxy) is 1. The van der Waals surface area contributed by atoms with E-state index in [1.54, 1.807) is 13.4 Å². The van der Waals surface area contributed by atoms with Gasteiger partial charge in [0.2, 0.25) is 0 Å². The first kappa shape index (κ1) is 12.7. The van der Waals surface area contributed by atoms with Gasteiger partial charge >= 0.3 is 0 Å². The van der Waals surface area contributed by atoms with Gasteiger partial charge in [-0.3, -0.25) is 0 Å². The minimum atomic E-state index is 0.117. The van der Waals surface area contributed by atoms with E-state index in [1.165, 1.54) is 0 Å². The highest BCUT2D eigenvalue weighted by Gasteiger charge is 2.09. The Kier molecular flexibility index (Phi) is 4.42. The molecule has 0 saturated carbocycles. The minimum absolute atomic E-state index is 0.117. The van der Waals surface area contributed by atoms with Crippen LogP contribution < -0.4 is 10.5 Å². The molecule has 1 heterocycles. The van der Waals surface area contributed by atoms with Crippen LogP contribution in [0.2, 0.25) is 0 Å². The standard InChI is InChI=1S/C15H19NO2/c1-17-15-7-3-2-5-12(15)11-13(16)8-9-14-6-4-10-18-14/h2-7,10,13H,8-9,11,16H2,1H3. The molecule has 3 heteroatoms. The summed E-state index contributed by atoms with van der Waals surface area (Å²) >= 11 is 0. The Morgan fingerprint density at radius 3 is 2.78 bits per heavy atom. The van der Waals surface area contributed by atoms with Gasteiger partial charge in [-0.25, -0.2) is 0 Å². The van der Waals surface area contributed by atoms with Gasteiger partial charge in [-0.2, -0.15) is 0 Å². The van der Waals surface area contributed by atoms with Crippen molar-refractivity contribution in [2.24, 2.45) is 5.73 Å². The third-order valence-corrected chi connectivity index (χ3v) is 3.02. The highest BCUT2D eigenvalue weighted by molar-refractivity contribution is 5.33. The second-order valence-electron chi connectivity index (χ2n) is 4.39. The first-order valence-corrected chi connectivity index (χ1v) is 6.19.